The van der Waals surface area contributed by atoms with Crippen LogP contribution in [0, 0.1) is 0 Å². The molecular formula is C14H16BrNO. The highest BCUT2D eigenvalue weighted by Crippen LogP contribution is 2.22. The molecular weight excluding hydrogens is 278 g/mol. The van der Waals surface area contributed by atoms with Gasteiger partial charge in [-0.2, -0.15) is 0 Å². The number of ketones is 1. The van der Waals surface area contributed by atoms with Crippen LogP contribution < -0.4 is 0 Å². The highest BCUT2D eigenvalue weighted by atomic mass is 79.9. The van der Waals surface area contributed by atoms with E-state index in [9.17, 15) is 4.79 Å². The Morgan fingerprint density at radius 1 is 1.35 bits per heavy atom. The van der Waals surface area contributed by atoms with Crippen LogP contribution in [0.4, 0.5) is 0 Å². The SMILES string of the molecule is CCC(=O)Cn1cc(CCBr)c2ccccc21. The van der Waals surface area contributed by atoms with Crippen molar-refractivity contribution in [2.24, 2.45) is 0 Å². The number of carbonyl (C=O) groups is 1. The first-order valence-corrected chi connectivity index (χ1v) is 7.02. The summed E-state index contributed by atoms with van der Waals surface area (Å²) in [6.07, 6.45) is 3.70. The zero-order valence-electron chi connectivity index (χ0n) is 9.95. The molecule has 2 aromatic rings. The molecule has 1 aromatic heterocycles. The lowest BCUT2D eigenvalue weighted by Gasteiger charge is -2.02. The lowest BCUT2D eigenvalue weighted by Crippen LogP contribution is -2.07. The number of benzene rings is 1. The largest absolute Gasteiger partial charge is 0.340 e. The zero-order valence-corrected chi connectivity index (χ0v) is 11.5. The van der Waals surface area contributed by atoms with Crippen LogP contribution in [-0.4, -0.2) is 15.7 Å². The maximum Gasteiger partial charge on any atom is 0.152 e. The van der Waals surface area contributed by atoms with Gasteiger partial charge < -0.3 is 4.57 Å². The molecule has 0 aliphatic rings. The van der Waals surface area contributed by atoms with E-state index < -0.39 is 0 Å². The second-order valence-electron chi connectivity index (χ2n) is 4.13. The highest BCUT2D eigenvalue weighted by molar-refractivity contribution is 9.09. The standard InChI is InChI=1S/C14H16BrNO/c1-2-12(17)10-16-9-11(7-8-15)13-5-3-4-6-14(13)16/h3-6,9H,2,7-8,10H2,1H3. The summed E-state index contributed by atoms with van der Waals surface area (Å²) >= 11 is 3.47. The van der Waals surface area contributed by atoms with Gasteiger partial charge in [-0.1, -0.05) is 41.1 Å². The number of hydrogen-bond donors (Lipinski definition) is 0. The quantitative estimate of drug-likeness (QED) is 0.773. The summed E-state index contributed by atoms with van der Waals surface area (Å²) in [5.41, 5.74) is 2.46. The molecule has 0 fully saturated rings. The first-order valence-electron chi connectivity index (χ1n) is 5.90. The summed E-state index contributed by atoms with van der Waals surface area (Å²) in [6.45, 7) is 2.40. The highest BCUT2D eigenvalue weighted by Gasteiger charge is 2.09. The molecule has 1 heterocycles. The van der Waals surface area contributed by atoms with Gasteiger partial charge in [0.1, 0.15) is 0 Å². The molecule has 0 unspecified atom stereocenters. The average Bonchev–Trinajstić information content (AvgIpc) is 2.69. The van der Waals surface area contributed by atoms with E-state index in [1.165, 1.54) is 10.9 Å². The Hall–Kier alpha value is -1.09. The van der Waals surface area contributed by atoms with Crippen molar-refractivity contribution in [1.29, 1.82) is 0 Å². The van der Waals surface area contributed by atoms with Crippen LogP contribution in [0.25, 0.3) is 10.9 Å². The van der Waals surface area contributed by atoms with Gasteiger partial charge in [-0.3, -0.25) is 4.79 Å². The molecule has 2 nitrogen and oxygen atoms in total. The van der Waals surface area contributed by atoms with Gasteiger partial charge in [-0.15, -0.1) is 0 Å². The Labute approximate surface area is 110 Å². The number of fused-ring (bicyclic) bond motifs is 1. The molecule has 0 radical (unpaired) electrons. The molecule has 90 valence electrons. The number of aryl methyl sites for hydroxylation is 1. The van der Waals surface area contributed by atoms with Crippen molar-refractivity contribution in [3.63, 3.8) is 0 Å². The Bertz CT molecular complexity index is 530. The third kappa shape index (κ3) is 2.60. The fraction of sp³-hybridized carbons (Fsp3) is 0.357. The number of rotatable bonds is 5. The van der Waals surface area contributed by atoms with Gasteiger partial charge in [0.25, 0.3) is 0 Å². The fourth-order valence-corrected chi connectivity index (χ4v) is 2.48. The summed E-state index contributed by atoms with van der Waals surface area (Å²) in [4.78, 5) is 11.6. The van der Waals surface area contributed by atoms with Gasteiger partial charge >= 0.3 is 0 Å². The van der Waals surface area contributed by atoms with E-state index in [1.54, 1.807) is 0 Å². The summed E-state index contributed by atoms with van der Waals surface area (Å²) in [6, 6.07) is 8.27. The van der Waals surface area contributed by atoms with E-state index in [2.05, 4.69) is 38.8 Å². The van der Waals surface area contributed by atoms with Crippen molar-refractivity contribution in [2.75, 3.05) is 5.33 Å². The van der Waals surface area contributed by atoms with Gasteiger partial charge in [-0.25, -0.2) is 0 Å². The van der Waals surface area contributed by atoms with E-state index in [-0.39, 0.29) is 5.78 Å². The molecule has 0 amide bonds. The Balaban J connectivity index is 2.44. The third-order valence-corrected chi connectivity index (χ3v) is 3.37. The monoisotopic (exact) mass is 293 g/mol. The summed E-state index contributed by atoms with van der Waals surface area (Å²) in [5, 5.41) is 2.21. The Morgan fingerprint density at radius 2 is 2.12 bits per heavy atom. The molecule has 0 saturated heterocycles. The lowest BCUT2D eigenvalue weighted by atomic mass is 10.1. The minimum atomic E-state index is 0.274. The molecule has 0 bridgehead atoms. The second-order valence-corrected chi connectivity index (χ2v) is 4.92. The molecule has 0 spiro atoms. The number of nitrogens with zero attached hydrogens (tertiary/aromatic N) is 1. The van der Waals surface area contributed by atoms with Crippen molar-refractivity contribution in [1.82, 2.24) is 4.57 Å². The van der Waals surface area contributed by atoms with Crippen LogP contribution in [0.3, 0.4) is 0 Å². The molecule has 0 atom stereocenters. The molecule has 0 aliphatic heterocycles. The van der Waals surface area contributed by atoms with Crippen LogP contribution in [-0.2, 0) is 17.8 Å². The number of carbonyl (C=O) groups excluding carboxylic acids is 1. The van der Waals surface area contributed by atoms with E-state index >= 15 is 0 Å². The predicted octanol–water partition coefficient (Wildman–Crippen LogP) is 3.56. The normalized spacial score (nSPS) is 10.9. The molecule has 1 aromatic carbocycles. The number of aromatic nitrogens is 1. The van der Waals surface area contributed by atoms with E-state index in [1.807, 2.05) is 19.1 Å². The molecule has 17 heavy (non-hydrogen) atoms. The molecule has 2 rings (SSSR count). The van der Waals surface area contributed by atoms with Crippen LogP contribution >= 0.6 is 15.9 Å². The molecule has 0 N–H and O–H groups in total. The van der Waals surface area contributed by atoms with Gasteiger partial charge in [0.15, 0.2) is 5.78 Å². The minimum Gasteiger partial charge on any atom is -0.340 e. The Kier molecular flexibility index (Phi) is 4.00. The van der Waals surface area contributed by atoms with Crippen LogP contribution in [0.1, 0.15) is 18.9 Å². The predicted molar refractivity (Wildman–Crippen MR) is 74.7 cm³/mol. The van der Waals surface area contributed by atoms with Crippen molar-refractivity contribution in [3.05, 3.63) is 36.0 Å². The fourth-order valence-electron chi connectivity index (χ4n) is 2.06. The van der Waals surface area contributed by atoms with Crippen molar-refractivity contribution >= 4 is 32.6 Å². The summed E-state index contributed by atoms with van der Waals surface area (Å²) < 4.78 is 2.07. The number of para-hydroxylation sites is 1. The second kappa shape index (κ2) is 5.50. The summed E-state index contributed by atoms with van der Waals surface area (Å²) in [5.74, 6) is 0.274. The maximum absolute atomic E-state index is 11.6. The van der Waals surface area contributed by atoms with Gasteiger partial charge in [0.05, 0.1) is 6.54 Å². The van der Waals surface area contributed by atoms with Gasteiger partial charge in [-0.05, 0) is 18.1 Å². The van der Waals surface area contributed by atoms with Crippen LogP contribution in [0.5, 0.6) is 0 Å². The van der Waals surface area contributed by atoms with E-state index in [0.717, 1.165) is 17.3 Å². The average molecular weight is 294 g/mol. The minimum absolute atomic E-state index is 0.274. The third-order valence-electron chi connectivity index (χ3n) is 2.98. The maximum atomic E-state index is 11.6. The number of halogens is 1. The van der Waals surface area contributed by atoms with E-state index in [4.69, 9.17) is 0 Å². The van der Waals surface area contributed by atoms with Crippen molar-refractivity contribution < 1.29 is 4.79 Å². The van der Waals surface area contributed by atoms with Gasteiger partial charge in [0, 0.05) is 28.9 Å². The Morgan fingerprint density at radius 3 is 2.82 bits per heavy atom. The van der Waals surface area contributed by atoms with Crippen molar-refractivity contribution in [2.45, 2.75) is 26.3 Å². The number of alkyl halides is 1. The lowest BCUT2D eigenvalue weighted by molar-refractivity contribution is -0.119. The first-order chi connectivity index (χ1) is 8.26. The molecule has 0 saturated carbocycles. The van der Waals surface area contributed by atoms with Crippen molar-refractivity contribution in [3.8, 4) is 0 Å². The molecule has 0 aliphatic carbocycles. The topological polar surface area (TPSA) is 22.0 Å². The smallest absolute Gasteiger partial charge is 0.152 e. The van der Waals surface area contributed by atoms with E-state index in [0.29, 0.717) is 13.0 Å². The van der Waals surface area contributed by atoms with Crippen LogP contribution in [0.15, 0.2) is 30.5 Å². The first kappa shape index (κ1) is 12.4. The van der Waals surface area contributed by atoms with Gasteiger partial charge in [0.2, 0.25) is 0 Å². The summed E-state index contributed by atoms with van der Waals surface area (Å²) in [7, 11) is 0. The number of Topliss-reactive ketones (excluding diaryl/α,β-unsaturated/α-hetero) is 1. The molecule has 3 heteroatoms. The van der Waals surface area contributed by atoms with Crippen LogP contribution in [0.2, 0.25) is 0 Å². The number of hydrogen-bond acceptors (Lipinski definition) is 1. The zero-order chi connectivity index (χ0) is 12.3.